The number of nitrogens with one attached hydrogen (secondary N) is 1. The average Bonchev–Trinajstić information content (AvgIpc) is 2.37. The average molecular weight is 247 g/mol. The quantitative estimate of drug-likeness (QED) is 0.854. The highest BCUT2D eigenvalue weighted by atomic mass is 16.5. The summed E-state index contributed by atoms with van der Waals surface area (Å²) < 4.78 is 5.02. The van der Waals surface area contributed by atoms with Crippen LogP contribution in [0, 0.1) is 11.3 Å². The van der Waals surface area contributed by atoms with Gasteiger partial charge >= 0.3 is 6.09 Å². The lowest BCUT2D eigenvalue weighted by Crippen LogP contribution is -2.41. The molecule has 0 saturated heterocycles. The lowest BCUT2D eigenvalue weighted by atomic mass is 10.0. The minimum absolute atomic E-state index is 0.146. The van der Waals surface area contributed by atoms with E-state index in [-0.39, 0.29) is 6.61 Å². The van der Waals surface area contributed by atoms with Gasteiger partial charge in [-0.3, -0.25) is 5.32 Å². The van der Waals surface area contributed by atoms with Crippen LogP contribution in [0.5, 0.6) is 0 Å². The standard InChI is InChI=1S/C13H17N3O2/c1-3-13(2,15)9-18-12(17)16-11-6-4-5-10(7-11)8-14/h4-7H,3,9,15H2,1-2H3,(H,16,17). The van der Waals surface area contributed by atoms with Crippen molar-refractivity contribution in [3.05, 3.63) is 29.8 Å². The summed E-state index contributed by atoms with van der Waals surface area (Å²) in [4.78, 5) is 11.5. The van der Waals surface area contributed by atoms with E-state index in [2.05, 4.69) is 5.32 Å². The van der Waals surface area contributed by atoms with Gasteiger partial charge in [0.25, 0.3) is 0 Å². The van der Waals surface area contributed by atoms with Crippen molar-refractivity contribution in [3.63, 3.8) is 0 Å². The van der Waals surface area contributed by atoms with Crippen molar-refractivity contribution in [2.24, 2.45) is 5.73 Å². The lowest BCUT2D eigenvalue weighted by molar-refractivity contribution is 0.132. The number of amides is 1. The SMILES string of the molecule is CCC(C)(N)COC(=O)Nc1cccc(C#N)c1. The Hall–Kier alpha value is -2.06. The number of ether oxygens (including phenoxy) is 1. The van der Waals surface area contributed by atoms with Gasteiger partial charge in [-0.25, -0.2) is 4.79 Å². The molecule has 0 saturated carbocycles. The van der Waals surface area contributed by atoms with Crippen LogP contribution in [0.3, 0.4) is 0 Å². The number of carbonyl (C=O) groups excluding carboxylic acids is 1. The summed E-state index contributed by atoms with van der Waals surface area (Å²) in [5.41, 5.74) is 6.33. The zero-order valence-corrected chi connectivity index (χ0v) is 10.6. The minimum atomic E-state index is -0.574. The fraction of sp³-hybridized carbons (Fsp3) is 0.385. The van der Waals surface area contributed by atoms with Crippen molar-refractivity contribution in [1.29, 1.82) is 5.26 Å². The van der Waals surface area contributed by atoms with Gasteiger partial charge in [0.1, 0.15) is 6.61 Å². The molecular weight excluding hydrogens is 230 g/mol. The van der Waals surface area contributed by atoms with Gasteiger partial charge in [-0.2, -0.15) is 5.26 Å². The second-order valence-electron chi connectivity index (χ2n) is 4.40. The molecule has 1 rings (SSSR count). The molecule has 5 heteroatoms. The molecule has 1 unspecified atom stereocenters. The number of nitriles is 1. The number of hydrogen-bond donors (Lipinski definition) is 2. The molecule has 96 valence electrons. The molecule has 0 fully saturated rings. The highest BCUT2D eigenvalue weighted by Gasteiger charge is 2.18. The Balaban J connectivity index is 2.52. The first-order valence-corrected chi connectivity index (χ1v) is 5.69. The number of carbonyl (C=O) groups is 1. The van der Waals surface area contributed by atoms with E-state index in [0.717, 1.165) is 0 Å². The first-order valence-electron chi connectivity index (χ1n) is 5.69. The number of benzene rings is 1. The topological polar surface area (TPSA) is 88.1 Å². The number of nitrogens with zero attached hydrogens (tertiary/aromatic N) is 1. The van der Waals surface area contributed by atoms with Crippen LogP contribution in [-0.4, -0.2) is 18.2 Å². The predicted octanol–water partition coefficient (Wildman–Crippen LogP) is 2.23. The fourth-order valence-electron chi connectivity index (χ4n) is 1.15. The Bertz CT molecular complexity index is 464. The van der Waals surface area contributed by atoms with Crippen LogP contribution in [0.15, 0.2) is 24.3 Å². The van der Waals surface area contributed by atoms with E-state index >= 15 is 0 Å². The number of anilines is 1. The number of hydrogen-bond acceptors (Lipinski definition) is 4. The Morgan fingerprint density at radius 3 is 2.94 bits per heavy atom. The summed E-state index contributed by atoms with van der Waals surface area (Å²) in [6, 6.07) is 8.60. The molecular formula is C13H17N3O2. The van der Waals surface area contributed by atoms with Crippen molar-refractivity contribution in [3.8, 4) is 6.07 Å². The van der Waals surface area contributed by atoms with Gasteiger partial charge in [0.15, 0.2) is 0 Å². The second-order valence-corrected chi connectivity index (χ2v) is 4.40. The molecule has 0 spiro atoms. The first-order chi connectivity index (χ1) is 8.46. The van der Waals surface area contributed by atoms with Gasteiger partial charge in [-0.1, -0.05) is 13.0 Å². The summed E-state index contributed by atoms with van der Waals surface area (Å²) >= 11 is 0. The molecule has 0 aliphatic heterocycles. The van der Waals surface area contributed by atoms with E-state index in [1.807, 2.05) is 19.9 Å². The molecule has 0 radical (unpaired) electrons. The van der Waals surface area contributed by atoms with Crippen molar-refractivity contribution in [1.82, 2.24) is 0 Å². The number of nitrogens with two attached hydrogens (primary N) is 1. The number of rotatable bonds is 4. The highest BCUT2D eigenvalue weighted by Crippen LogP contribution is 2.11. The van der Waals surface area contributed by atoms with Crippen molar-refractivity contribution in [2.75, 3.05) is 11.9 Å². The molecule has 0 aromatic heterocycles. The predicted molar refractivity (Wildman–Crippen MR) is 69.0 cm³/mol. The van der Waals surface area contributed by atoms with Gasteiger partial charge in [0, 0.05) is 11.2 Å². The van der Waals surface area contributed by atoms with Gasteiger partial charge in [0.2, 0.25) is 0 Å². The van der Waals surface area contributed by atoms with E-state index < -0.39 is 11.6 Å². The molecule has 3 N–H and O–H groups in total. The second kappa shape index (κ2) is 6.03. The third kappa shape index (κ3) is 4.44. The highest BCUT2D eigenvalue weighted by molar-refractivity contribution is 5.84. The van der Waals surface area contributed by atoms with Gasteiger partial charge in [-0.15, -0.1) is 0 Å². The molecule has 1 aromatic carbocycles. The molecule has 1 aromatic rings. The van der Waals surface area contributed by atoms with E-state index in [4.69, 9.17) is 15.7 Å². The molecule has 0 bridgehead atoms. The normalized spacial score (nSPS) is 13.2. The van der Waals surface area contributed by atoms with Gasteiger partial charge in [-0.05, 0) is 31.5 Å². The smallest absolute Gasteiger partial charge is 0.411 e. The zero-order valence-electron chi connectivity index (χ0n) is 10.6. The van der Waals surface area contributed by atoms with Gasteiger partial charge in [0.05, 0.1) is 11.6 Å². The summed E-state index contributed by atoms with van der Waals surface area (Å²) in [7, 11) is 0. The monoisotopic (exact) mass is 247 g/mol. The molecule has 0 heterocycles. The third-order valence-corrected chi connectivity index (χ3v) is 2.58. The van der Waals surface area contributed by atoms with Crippen LogP contribution in [0.4, 0.5) is 10.5 Å². The third-order valence-electron chi connectivity index (χ3n) is 2.58. The lowest BCUT2D eigenvalue weighted by Gasteiger charge is -2.21. The van der Waals surface area contributed by atoms with Crippen LogP contribution in [-0.2, 0) is 4.74 Å². The van der Waals surface area contributed by atoms with Crippen LogP contribution < -0.4 is 11.1 Å². The first kappa shape index (κ1) is 14.0. The Morgan fingerprint density at radius 1 is 1.61 bits per heavy atom. The molecule has 18 heavy (non-hydrogen) atoms. The van der Waals surface area contributed by atoms with Crippen LogP contribution in [0.1, 0.15) is 25.8 Å². The van der Waals surface area contributed by atoms with Crippen molar-refractivity contribution >= 4 is 11.8 Å². The maximum Gasteiger partial charge on any atom is 0.411 e. The summed E-state index contributed by atoms with van der Waals surface area (Å²) in [5.74, 6) is 0. The summed E-state index contributed by atoms with van der Waals surface area (Å²) in [6.07, 6.45) is 0.139. The van der Waals surface area contributed by atoms with Crippen LogP contribution >= 0.6 is 0 Å². The minimum Gasteiger partial charge on any atom is -0.447 e. The van der Waals surface area contributed by atoms with Crippen molar-refractivity contribution in [2.45, 2.75) is 25.8 Å². The maximum atomic E-state index is 11.5. The Morgan fingerprint density at radius 2 is 2.33 bits per heavy atom. The molecule has 0 aliphatic rings. The summed E-state index contributed by atoms with van der Waals surface area (Å²) in [6.45, 7) is 3.89. The molecule has 0 aliphatic carbocycles. The largest absolute Gasteiger partial charge is 0.447 e. The van der Waals surface area contributed by atoms with E-state index in [9.17, 15) is 4.79 Å². The molecule has 1 atom stereocenters. The summed E-state index contributed by atoms with van der Waals surface area (Å²) in [5, 5.41) is 11.3. The van der Waals surface area contributed by atoms with Crippen molar-refractivity contribution < 1.29 is 9.53 Å². The fourth-order valence-corrected chi connectivity index (χ4v) is 1.15. The van der Waals surface area contributed by atoms with Crippen LogP contribution in [0.25, 0.3) is 0 Å². The Kier molecular flexibility index (Phi) is 4.69. The Labute approximate surface area is 107 Å². The molecule has 1 amide bonds. The van der Waals surface area contributed by atoms with Gasteiger partial charge < -0.3 is 10.5 Å². The van der Waals surface area contributed by atoms with E-state index in [1.165, 1.54) is 0 Å². The molecule has 5 nitrogen and oxygen atoms in total. The van der Waals surface area contributed by atoms with Crippen LogP contribution in [0.2, 0.25) is 0 Å². The maximum absolute atomic E-state index is 11.5. The zero-order chi connectivity index (χ0) is 13.6. The van der Waals surface area contributed by atoms with E-state index in [0.29, 0.717) is 17.7 Å². The van der Waals surface area contributed by atoms with E-state index in [1.54, 1.807) is 24.3 Å².